The van der Waals surface area contributed by atoms with Gasteiger partial charge in [0.25, 0.3) is 0 Å². The number of hydrogen-bond acceptors (Lipinski definition) is 2. The molecule has 0 heterocycles. The van der Waals surface area contributed by atoms with E-state index in [-0.39, 0.29) is 11.8 Å². The maximum absolute atomic E-state index is 10.8. The van der Waals surface area contributed by atoms with Gasteiger partial charge in [-0.05, 0) is 55.9 Å². The fourth-order valence-electron chi connectivity index (χ4n) is 5.11. The van der Waals surface area contributed by atoms with Crippen LogP contribution in [0.5, 0.6) is 0 Å². The average molecular weight is 338 g/mol. The quantitative estimate of drug-likeness (QED) is 0.469. The predicted molar refractivity (Wildman–Crippen MR) is 104 cm³/mol. The maximum atomic E-state index is 10.8. The zero-order valence-electron chi connectivity index (χ0n) is 14.1. The van der Waals surface area contributed by atoms with Crippen LogP contribution in [0.2, 0.25) is 0 Å². The van der Waals surface area contributed by atoms with Crippen LogP contribution in [0.15, 0.2) is 72.8 Å². The van der Waals surface area contributed by atoms with Crippen LogP contribution in [-0.2, 0) is 0 Å². The van der Waals surface area contributed by atoms with Crippen molar-refractivity contribution in [3.05, 3.63) is 95.1 Å². The number of aliphatic hydroxyl groups excluding tert-OH is 2. The van der Waals surface area contributed by atoms with Crippen LogP contribution < -0.4 is 0 Å². The first-order valence-corrected chi connectivity index (χ1v) is 9.14. The second-order valence-corrected chi connectivity index (χ2v) is 7.59. The smallest absolute Gasteiger partial charge is 0.0917 e. The molecule has 2 N–H and O–H groups in total. The molecule has 0 aromatic heterocycles. The Hall–Kier alpha value is -2.68. The lowest BCUT2D eigenvalue weighted by Gasteiger charge is -2.46. The third-order valence-corrected chi connectivity index (χ3v) is 6.28. The normalized spacial score (nSPS) is 26.1. The maximum Gasteiger partial charge on any atom is 0.0917 e. The van der Waals surface area contributed by atoms with Gasteiger partial charge in [-0.1, -0.05) is 60.7 Å². The zero-order chi connectivity index (χ0) is 17.4. The topological polar surface area (TPSA) is 40.5 Å². The second-order valence-electron chi connectivity index (χ2n) is 7.59. The number of benzene rings is 4. The second kappa shape index (κ2) is 4.94. The monoisotopic (exact) mass is 338 g/mol. The first kappa shape index (κ1) is 14.5. The van der Waals surface area contributed by atoms with E-state index in [1.807, 2.05) is 12.1 Å². The summed E-state index contributed by atoms with van der Waals surface area (Å²) in [7, 11) is 0. The minimum Gasteiger partial charge on any atom is -0.389 e. The molecule has 4 atom stereocenters. The summed E-state index contributed by atoms with van der Waals surface area (Å²) in [6.45, 7) is 0. The van der Waals surface area contributed by atoms with Crippen molar-refractivity contribution in [3.63, 3.8) is 0 Å². The molecule has 3 aliphatic carbocycles. The molecule has 3 aliphatic rings. The zero-order valence-corrected chi connectivity index (χ0v) is 14.1. The van der Waals surface area contributed by atoms with Crippen molar-refractivity contribution in [1.29, 1.82) is 0 Å². The van der Waals surface area contributed by atoms with Crippen molar-refractivity contribution in [2.24, 2.45) is 0 Å². The van der Waals surface area contributed by atoms with E-state index in [0.29, 0.717) is 0 Å². The SMILES string of the molecule is OC1C(O)[C@H]2c3ccccc3[C@@H]1c1cc3cc4ccccc4cc3cc12. The Bertz CT molecular complexity index is 1100. The van der Waals surface area contributed by atoms with E-state index in [9.17, 15) is 10.2 Å². The summed E-state index contributed by atoms with van der Waals surface area (Å²) >= 11 is 0. The standard InChI is InChI=1S/C24H18O2/c25-23-21-17-7-3-4-8-18(17)22(24(23)26)20-12-16-10-14-6-2-1-5-13(14)9-15(16)11-19(20)21/h1-12,21-26H/t21-,22+,23?,24?. The molecule has 0 aliphatic heterocycles. The Kier molecular flexibility index (Phi) is 2.75. The Morgan fingerprint density at radius 2 is 0.885 bits per heavy atom. The highest BCUT2D eigenvalue weighted by Gasteiger charge is 2.48. The summed E-state index contributed by atoms with van der Waals surface area (Å²) in [6, 6.07) is 25.5. The fourth-order valence-corrected chi connectivity index (χ4v) is 5.11. The predicted octanol–water partition coefficient (Wildman–Crippen LogP) is 4.31. The van der Waals surface area contributed by atoms with Crippen LogP contribution in [0.3, 0.4) is 0 Å². The minimum absolute atomic E-state index is 0.155. The molecule has 0 spiro atoms. The van der Waals surface area contributed by atoms with Crippen molar-refractivity contribution in [3.8, 4) is 0 Å². The molecule has 26 heavy (non-hydrogen) atoms. The number of rotatable bonds is 0. The van der Waals surface area contributed by atoms with Crippen LogP contribution in [0.1, 0.15) is 34.1 Å². The number of fused-ring (bicyclic) bond motifs is 3. The average Bonchev–Trinajstić information content (AvgIpc) is 2.67. The Labute approximate surface area is 151 Å². The van der Waals surface area contributed by atoms with Crippen molar-refractivity contribution in [2.75, 3.05) is 0 Å². The van der Waals surface area contributed by atoms with E-state index in [0.717, 1.165) is 22.3 Å². The van der Waals surface area contributed by atoms with Crippen molar-refractivity contribution < 1.29 is 10.2 Å². The number of aliphatic hydroxyl groups is 2. The third-order valence-electron chi connectivity index (χ3n) is 6.28. The summed E-state index contributed by atoms with van der Waals surface area (Å²) in [4.78, 5) is 0. The van der Waals surface area contributed by atoms with Crippen LogP contribution in [0.4, 0.5) is 0 Å². The molecular formula is C24H18O2. The molecule has 0 saturated heterocycles. The van der Waals surface area contributed by atoms with Gasteiger partial charge in [-0.2, -0.15) is 0 Å². The first-order chi connectivity index (χ1) is 12.7. The number of hydrogen-bond donors (Lipinski definition) is 2. The lowest BCUT2D eigenvalue weighted by Crippen LogP contribution is -2.47. The third kappa shape index (κ3) is 1.73. The van der Waals surface area contributed by atoms with Gasteiger partial charge < -0.3 is 10.2 Å². The molecule has 126 valence electrons. The van der Waals surface area contributed by atoms with Gasteiger partial charge in [0.05, 0.1) is 12.2 Å². The van der Waals surface area contributed by atoms with Gasteiger partial charge in [0.2, 0.25) is 0 Å². The van der Waals surface area contributed by atoms with Gasteiger partial charge in [0.15, 0.2) is 0 Å². The van der Waals surface area contributed by atoms with Gasteiger partial charge in [0.1, 0.15) is 0 Å². The highest BCUT2D eigenvalue weighted by molar-refractivity contribution is 5.99. The molecule has 0 amide bonds. The van der Waals surface area contributed by atoms with E-state index in [1.54, 1.807) is 0 Å². The lowest BCUT2D eigenvalue weighted by molar-refractivity contribution is -0.0153. The fraction of sp³-hybridized carbons (Fsp3) is 0.167. The van der Waals surface area contributed by atoms with Gasteiger partial charge >= 0.3 is 0 Å². The summed E-state index contributed by atoms with van der Waals surface area (Å²) in [5, 5.41) is 26.3. The van der Waals surface area contributed by atoms with Gasteiger partial charge in [-0.3, -0.25) is 0 Å². The van der Waals surface area contributed by atoms with Crippen LogP contribution >= 0.6 is 0 Å². The van der Waals surface area contributed by atoms with E-state index >= 15 is 0 Å². The van der Waals surface area contributed by atoms with Crippen molar-refractivity contribution in [1.82, 2.24) is 0 Å². The molecule has 2 nitrogen and oxygen atoms in total. The molecule has 0 fully saturated rings. The van der Waals surface area contributed by atoms with Crippen LogP contribution in [0, 0.1) is 0 Å². The largest absolute Gasteiger partial charge is 0.389 e. The molecular weight excluding hydrogens is 320 g/mol. The summed E-state index contributed by atoms with van der Waals surface area (Å²) in [5.41, 5.74) is 4.63. The Morgan fingerprint density at radius 3 is 1.35 bits per heavy atom. The van der Waals surface area contributed by atoms with E-state index in [2.05, 4.69) is 60.7 Å². The van der Waals surface area contributed by atoms with Gasteiger partial charge in [-0.15, -0.1) is 0 Å². The van der Waals surface area contributed by atoms with Crippen molar-refractivity contribution in [2.45, 2.75) is 24.0 Å². The van der Waals surface area contributed by atoms with E-state index < -0.39 is 12.2 Å². The van der Waals surface area contributed by atoms with Crippen molar-refractivity contribution >= 4 is 21.5 Å². The molecule has 2 unspecified atom stereocenters. The Balaban J connectivity index is 1.69. The first-order valence-electron chi connectivity index (χ1n) is 9.14. The molecule has 0 radical (unpaired) electrons. The van der Waals surface area contributed by atoms with E-state index in [4.69, 9.17) is 0 Å². The van der Waals surface area contributed by atoms with Gasteiger partial charge in [0, 0.05) is 11.8 Å². The molecule has 2 heteroatoms. The highest BCUT2D eigenvalue weighted by atomic mass is 16.3. The van der Waals surface area contributed by atoms with E-state index in [1.165, 1.54) is 21.5 Å². The lowest BCUT2D eigenvalue weighted by atomic mass is 9.61. The highest BCUT2D eigenvalue weighted by Crippen LogP contribution is 2.53. The molecule has 2 bridgehead atoms. The summed E-state index contributed by atoms with van der Waals surface area (Å²) in [6.07, 6.45) is -1.50. The summed E-state index contributed by atoms with van der Waals surface area (Å²) in [5.74, 6) is -0.311. The molecule has 7 rings (SSSR count). The summed E-state index contributed by atoms with van der Waals surface area (Å²) < 4.78 is 0. The van der Waals surface area contributed by atoms with Gasteiger partial charge in [-0.25, -0.2) is 0 Å². The van der Waals surface area contributed by atoms with Crippen LogP contribution in [0.25, 0.3) is 21.5 Å². The molecule has 4 aromatic rings. The molecule has 4 aromatic carbocycles. The minimum atomic E-state index is -0.750. The van der Waals surface area contributed by atoms with Crippen LogP contribution in [-0.4, -0.2) is 22.4 Å². The molecule has 0 saturated carbocycles. The Morgan fingerprint density at radius 1 is 0.462 bits per heavy atom.